The molecule has 1 N–H and O–H groups in total. The molecule has 1 unspecified atom stereocenters. The number of likely N-dealkylation sites (N-methyl/N-ethyl adjacent to an activating group) is 1. The zero-order valence-electron chi connectivity index (χ0n) is 22.9. The number of nitrogens with zero attached hydrogens (tertiary/aromatic N) is 4. The zero-order valence-corrected chi connectivity index (χ0v) is 24.5. The number of hydrogen-bond acceptors (Lipinski definition) is 8. The summed E-state index contributed by atoms with van der Waals surface area (Å²) < 4.78 is 34.0. The van der Waals surface area contributed by atoms with Crippen molar-refractivity contribution >= 4 is 42.6 Å². The van der Waals surface area contributed by atoms with Gasteiger partial charge in [0.25, 0.3) is 5.91 Å². The maximum atomic E-state index is 12.9. The van der Waals surface area contributed by atoms with Crippen molar-refractivity contribution in [1.82, 2.24) is 19.5 Å². The van der Waals surface area contributed by atoms with E-state index in [2.05, 4.69) is 41.1 Å². The summed E-state index contributed by atoms with van der Waals surface area (Å²) in [4.78, 5) is 22.5. The Bertz CT molecular complexity index is 1370. The second-order valence-electron chi connectivity index (χ2n) is 10.4. The molecule has 1 aromatic heterocycles. The van der Waals surface area contributed by atoms with E-state index in [-0.39, 0.29) is 16.9 Å². The van der Waals surface area contributed by atoms with E-state index in [0.717, 1.165) is 56.2 Å². The molecule has 2 aromatic carbocycles. The number of hydrogen-bond donors (Lipinski definition) is 1. The second-order valence-corrected chi connectivity index (χ2v) is 13.4. The van der Waals surface area contributed by atoms with Gasteiger partial charge in [-0.3, -0.25) is 9.69 Å². The predicted octanol–water partition coefficient (Wildman–Crippen LogP) is 3.26. The molecule has 0 bridgehead atoms. The van der Waals surface area contributed by atoms with Crippen LogP contribution in [0.1, 0.15) is 34.3 Å². The summed E-state index contributed by atoms with van der Waals surface area (Å²) >= 11 is 1.77. The Morgan fingerprint density at radius 3 is 2.49 bits per heavy atom. The lowest BCUT2D eigenvalue weighted by Crippen LogP contribution is -2.48. The van der Waals surface area contributed by atoms with Crippen LogP contribution < -0.4 is 10.2 Å². The summed E-state index contributed by atoms with van der Waals surface area (Å²) in [5.41, 5.74) is 4.04. The van der Waals surface area contributed by atoms with E-state index in [4.69, 9.17) is 9.72 Å². The monoisotopic (exact) mass is 571 g/mol. The van der Waals surface area contributed by atoms with Gasteiger partial charge in [-0.2, -0.15) is 4.31 Å². The van der Waals surface area contributed by atoms with Gasteiger partial charge in [-0.1, -0.05) is 23.5 Å². The van der Waals surface area contributed by atoms with E-state index in [1.54, 1.807) is 30.5 Å². The number of sulfonamides is 1. The number of fused-ring (bicyclic) bond motifs is 1. The molecule has 0 spiro atoms. The molecule has 3 heterocycles. The number of piperazine rings is 1. The summed E-state index contributed by atoms with van der Waals surface area (Å²) in [6.45, 7) is 10.2. The van der Waals surface area contributed by atoms with Gasteiger partial charge >= 0.3 is 0 Å². The number of benzene rings is 2. The minimum atomic E-state index is -3.63. The van der Waals surface area contributed by atoms with Gasteiger partial charge in [0.05, 0.1) is 21.2 Å². The first-order valence-electron chi connectivity index (χ1n) is 13.5. The average molecular weight is 572 g/mol. The summed E-state index contributed by atoms with van der Waals surface area (Å²) in [5, 5.41) is 4.05. The number of anilines is 1. The minimum Gasteiger partial charge on any atom is -0.377 e. The molecule has 2 fully saturated rings. The number of aryl methyl sites for hydroxylation is 2. The van der Waals surface area contributed by atoms with Crippen LogP contribution in [-0.2, 0) is 14.8 Å². The Morgan fingerprint density at radius 2 is 1.82 bits per heavy atom. The van der Waals surface area contributed by atoms with Gasteiger partial charge in [-0.25, -0.2) is 13.4 Å². The van der Waals surface area contributed by atoms with Crippen molar-refractivity contribution in [3.05, 3.63) is 53.1 Å². The molecule has 2 aliphatic rings. The molecule has 11 heteroatoms. The third kappa shape index (κ3) is 6.28. The van der Waals surface area contributed by atoms with Crippen molar-refractivity contribution in [2.75, 3.05) is 64.4 Å². The molecule has 1 amide bonds. The molecular formula is C28H37N5O4S2. The summed E-state index contributed by atoms with van der Waals surface area (Å²) in [6, 6.07) is 10.4. The highest BCUT2D eigenvalue weighted by atomic mass is 32.2. The molecule has 0 saturated carbocycles. The lowest BCUT2D eigenvalue weighted by Gasteiger charge is -2.34. The lowest BCUT2D eigenvalue weighted by molar-refractivity contribution is 0.0947. The molecule has 0 aliphatic carbocycles. The third-order valence-corrected chi connectivity index (χ3v) is 10.7. The maximum absolute atomic E-state index is 12.9. The Morgan fingerprint density at radius 1 is 1.10 bits per heavy atom. The molecule has 2 aliphatic heterocycles. The van der Waals surface area contributed by atoms with Crippen molar-refractivity contribution in [3.63, 3.8) is 0 Å². The van der Waals surface area contributed by atoms with E-state index in [0.29, 0.717) is 25.3 Å². The van der Waals surface area contributed by atoms with Crippen LogP contribution in [0.2, 0.25) is 0 Å². The Balaban J connectivity index is 1.08. The van der Waals surface area contributed by atoms with Gasteiger partial charge in [0.1, 0.15) is 0 Å². The summed E-state index contributed by atoms with van der Waals surface area (Å²) in [6.07, 6.45) is 1.78. The standard InChI is InChI=1S/C28H37N5O4S2/c1-20-6-7-21(2)26-25(20)30-28(38-26)33-16-14-32(15-17-33)13-12-29-27(34)22-8-10-24(11-9-22)39(35,36)31(3)19-23-5-4-18-37-23/h6-11,23H,4-5,12-19H2,1-3H3,(H,29,34). The molecule has 39 heavy (non-hydrogen) atoms. The Labute approximate surface area is 234 Å². The minimum absolute atomic E-state index is 0.0566. The maximum Gasteiger partial charge on any atom is 0.251 e. The largest absolute Gasteiger partial charge is 0.377 e. The van der Waals surface area contributed by atoms with Gasteiger partial charge in [0.2, 0.25) is 10.0 Å². The Hall–Kier alpha value is -2.57. The SMILES string of the molecule is Cc1ccc(C)c2sc(N3CCN(CCNC(=O)c4ccc(S(=O)(=O)N(C)CC5CCCO5)cc4)CC3)nc12. The highest BCUT2D eigenvalue weighted by Gasteiger charge is 2.26. The van der Waals surface area contributed by atoms with Crippen molar-refractivity contribution in [2.45, 2.75) is 37.7 Å². The van der Waals surface area contributed by atoms with Gasteiger partial charge in [0, 0.05) is 65.0 Å². The first-order chi connectivity index (χ1) is 18.7. The second kappa shape index (κ2) is 11.9. The smallest absolute Gasteiger partial charge is 0.251 e. The summed E-state index contributed by atoms with van der Waals surface area (Å²) in [7, 11) is -2.06. The average Bonchev–Trinajstić information content (AvgIpc) is 3.62. The first-order valence-corrected chi connectivity index (χ1v) is 15.8. The number of amides is 1. The van der Waals surface area contributed by atoms with E-state index >= 15 is 0 Å². The van der Waals surface area contributed by atoms with Crippen molar-refractivity contribution in [2.24, 2.45) is 0 Å². The molecule has 2 saturated heterocycles. The van der Waals surface area contributed by atoms with E-state index in [1.165, 1.54) is 32.3 Å². The lowest BCUT2D eigenvalue weighted by atomic mass is 10.1. The topological polar surface area (TPSA) is 95.1 Å². The first kappa shape index (κ1) is 28.0. The molecule has 1 atom stereocenters. The van der Waals surface area contributed by atoms with Crippen LogP contribution in [0.15, 0.2) is 41.3 Å². The highest BCUT2D eigenvalue weighted by molar-refractivity contribution is 7.89. The fourth-order valence-corrected chi connectivity index (χ4v) is 7.47. The molecule has 9 nitrogen and oxygen atoms in total. The molecule has 3 aromatic rings. The van der Waals surface area contributed by atoms with Crippen molar-refractivity contribution < 1.29 is 17.9 Å². The van der Waals surface area contributed by atoms with Crippen molar-refractivity contribution in [3.8, 4) is 0 Å². The normalized spacial score (nSPS) is 18.8. The molecule has 0 radical (unpaired) electrons. The van der Waals surface area contributed by atoms with E-state index < -0.39 is 10.0 Å². The van der Waals surface area contributed by atoms with Gasteiger partial charge < -0.3 is 15.0 Å². The van der Waals surface area contributed by atoms with Gasteiger partial charge in [-0.05, 0) is 62.1 Å². The zero-order chi connectivity index (χ0) is 27.6. The number of carbonyl (C=O) groups is 1. The van der Waals surface area contributed by atoms with Gasteiger partial charge in [-0.15, -0.1) is 0 Å². The van der Waals surface area contributed by atoms with Crippen LogP contribution in [0.4, 0.5) is 5.13 Å². The van der Waals surface area contributed by atoms with Crippen LogP contribution in [0, 0.1) is 13.8 Å². The Kier molecular flexibility index (Phi) is 8.53. The molecule has 5 rings (SSSR count). The molecular weight excluding hydrogens is 534 g/mol. The third-order valence-electron chi connectivity index (χ3n) is 7.60. The number of carbonyl (C=O) groups excluding carboxylic acids is 1. The number of nitrogens with one attached hydrogen (secondary N) is 1. The van der Waals surface area contributed by atoms with E-state index in [9.17, 15) is 13.2 Å². The van der Waals surface area contributed by atoms with Crippen LogP contribution in [0.25, 0.3) is 10.2 Å². The summed E-state index contributed by atoms with van der Waals surface area (Å²) in [5.74, 6) is -0.203. The van der Waals surface area contributed by atoms with Crippen LogP contribution in [0.5, 0.6) is 0 Å². The van der Waals surface area contributed by atoms with Gasteiger partial charge in [0.15, 0.2) is 5.13 Å². The predicted molar refractivity (Wildman–Crippen MR) is 155 cm³/mol. The highest BCUT2D eigenvalue weighted by Crippen LogP contribution is 2.33. The van der Waals surface area contributed by atoms with E-state index in [1.807, 2.05) is 0 Å². The number of rotatable bonds is 9. The number of ether oxygens (including phenoxy) is 1. The number of aromatic nitrogens is 1. The van der Waals surface area contributed by atoms with Crippen LogP contribution >= 0.6 is 11.3 Å². The number of thiazole rings is 1. The van der Waals surface area contributed by atoms with Crippen LogP contribution in [-0.4, -0.2) is 94.1 Å². The van der Waals surface area contributed by atoms with Crippen LogP contribution in [0.3, 0.4) is 0 Å². The van der Waals surface area contributed by atoms with Crippen molar-refractivity contribution in [1.29, 1.82) is 0 Å². The quantitative estimate of drug-likeness (QED) is 0.421. The fraction of sp³-hybridized carbons (Fsp3) is 0.500. The molecule has 210 valence electrons. The fourth-order valence-electron chi connectivity index (χ4n) is 5.11.